The summed E-state index contributed by atoms with van der Waals surface area (Å²) in [5.74, 6) is 0.908. The summed E-state index contributed by atoms with van der Waals surface area (Å²) in [4.78, 5) is 18.9. The number of halogens is 1. The van der Waals surface area contributed by atoms with Gasteiger partial charge in [-0.3, -0.25) is 14.7 Å². The predicted molar refractivity (Wildman–Crippen MR) is 115 cm³/mol. The van der Waals surface area contributed by atoms with Gasteiger partial charge in [-0.15, -0.1) is 24.0 Å². The highest BCUT2D eigenvalue weighted by molar-refractivity contribution is 14.0. The number of carbonyl (C=O) groups excluding carboxylic acids is 1. The molecule has 0 spiro atoms. The van der Waals surface area contributed by atoms with Crippen molar-refractivity contribution in [3.63, 3.8) is 0 Å². The second-order valence-corrected chi connectivity index (χ2v) is 7.30. The van der Waals surface area contributed by atoms with Gasteiger partial charge in [-0.05, 0) is 40.0 Å². The summed E-state index contributed by atoms with van der Waals surface area (Å²) in [6.07, 6.45) is 7.13. The lowest BCUT2D eigenvalue weighted by Crippen LogP contribution is -2.45. The Hall–Kier alpha value is -0.570. The molecule has 0 aromatic rings. The minimum atomic E-state index is 0. The molecular weight excluding hydrogens is 429 g/mol. The first-order valence-electron chi connectivity index (χ1n) is 9.66. The van der Waals surface area contributed by atoms with Crippen LogP contribution in [0.4, 0.5) is 0 Å². The third kappa shape index (κ3) is 8.11. The Labute approximate surface area is 170 Å². The number of guanidine groups is 1. The van der Waals surface area contributed by atoms with Crippen LogP contribution in [0.5, 0.6) is 0 Å². The number of hydrogen-bond donors (Lipinski definition) is 3. The molecule has 1 saturated heterocycles. The van der Waals surface area contributed by atoms with E-state index in [-0.39, 0.29) is 35.9 Å². The fraction of sp³-hybridized carbons (Fsp3) is 0.889. The SMILES string of the molecule is CCNC(=NCCC(=O)NC(C)C)NC1CCN(C2CCCC2)C1.I. The zero-order valence-electron chi connectivity index (χ0n) is 16.0. The van der Waals surface area contributed by atoms with Crippen LogP contribution in [0.25, 0.3) is 0 Å². The van der Waals surface area contributed by atoms with Crippen molar-refractivity contribution >= 4 is 35.8 Å². The highest BCUT2D eigenvalue weighted by Gasteiger charge is 2.30. The third-order valence-corrected chi connectivity index (χ3v) is 4.80. The standard InChI is InChI=1S/C18H35N5O.HI/c1-4-19-18(20-11-9-17(24)21-14(2)3)22-15-10-12-23(13-15)16-7-5-6-8-16;/h14-16H,4-13H2,1-3H3,(H,21,24)(H2,19,20,22);1H. The molecule has 2 fully saturated rings. The molecule has 6 nitrogen and oxygen atoms in total. The molecule has 1 amide bonds. The topological polar surface area (TPSA) is 68.8 Å². The highest BCUT2D eigenvalue weighted by atomic mass is 127. The number of likely N-dealkylation sites (tertiary alicyclic amines) is 1. The maximum Gasteiger partial charge on any atom is 0.222 e. The number of carbonyl (C=O) groups is 1. The van der Waals surface area contributed by atoms with E-state index < -0.39 is 0 Å². The Balaban J connectivity index is 0.00000312. The zero-order chi connectivity index (χ0) is 17.4. The van der Waals surface area contributed by atoms with Gasteiger partial charge in [0.1, 0.15) is 0 Å². The molecule has 0 aromatic carbocycles. The van der Waals surface area contributed by atoms with Crippen molar-refractivity contribution in [2.45, 2.75) is 77.4 Å². The summed E-state index contributed by atoms with van der Waals surface area (Å²) >= 11 is 0. The van der Waals surface area contributed by atoms with E-state index in [9.17, 15) is 4.79 Å². The summed E-state index contributed by atoms with van der Waals surface area (Å²) in [6, 6.07) is 1.46. The lowest BCUT2D eigenvalue weighted by Gasteiger charge is -2.24. The molecule has 1 aliphatic carbocycles. The van der Waals surface area contributed by atoms with Gasteiger partial charge in [0.05, 0.1) is 6.54 Å². The molecule has 1 aliphatic heterocycles. The van der Waals surface area contributed by atoms with Crippen molar-refractivity contribution in [2.24, 2.45) is 4.99 Å². The van der Waals surface area contributed by atoms with Crippen molar-refractivity contribution in [1.82, 2.24) is 20.9 Å². The molecular formula is C18H36IN5O. The minimum absolute atomic E-state index is 0. The van der Waals surface area contributed by atoms with Crippen molar-refractivity contribution in [3.8, 4) is 0 Å². The fourth-order valence-corrected chi connectivity index (χ4v) is 3.68. The summed E-state index contributed by atoms with van der Waals surface area (Å²) in [5, 5.41) is 9.75. The van der Waals surface area contributed by atoms with E-state index in [4.69, 9.17) is 0 Å². The predicted octanol–water partition coefficient (Wildman–Crippen LogP) is 2.09. The first-order chi connectivity index (χ1) is 11.6. The molecule has 7 heteroatoms. The number of aliphatic imine (C=N–C) groups is 1. The van der Waals surface area contributed by atoms with Gasteiger partial charge in [0.25, 0.3) is 0 Å². The first-order valence-corrected chi connectivity index (χ1v) is 9.66. The Morgan fingerprint density at radius 3 is 2.60 bits per heavy atom. The average molecular weight is 465 g/mol. The quantitative estimate of drug-likeness (QED) is 0.306. The minimum Gasteiger partial charge on any atom is -0.357 e. The van der Waals surface area contributed by atoms with E-state index in [1.54, 1.807) is 0 Å². The van der Waals surface area contributed by atoms with Gasteiger partial charge in [-0.1, -0.05) is 12.8 Å². The first kappa shape index (κ1) is 22.5. The van der Waals surface area contributed by atoms with Crippen molar-refractivity contribution < 1.29 is 4.79 Å². The van der Waals surface area contributed by atoms with E-state index in [1.807, 2.05) is 13.8 Å². The van der Waals surface area contributed by atoms with Crippen LogP contribution in [0.2, 0.25) is 0 Å². The molecule has 25 heavy (non-hydrogen) atoms. The van der Waals surface area contributed by atoms with Gasteiger partial charge in [-0.2, -0.15) is 0 Å². The van der Waals surface area contributed by atoms with Crippen molar-refractivity contribution in [3.05, 3.63) is 0 Å². The van der Waals surface area contributed by atoms with Gasteiger partial charge in [-0.25, -0.2) is 0 Å². The van der Waals surface area contributed by atoms with E-state index >= 15 is 0 Å². The van der Waals surface area contributed by atoms with E-state index in [0.717, 1.165) is 25.1 Å². The number of hydrogen-bond acceptors (Lipinski definition) is 3. The molecule has 2 aliphatic rings. The van der Waals surface area contributed by atoms with Gasteiger partial charge >= 0.3 is 0 Å². The van der Waals surface area contributed by atoms with E-state index in [1.165, 1.54) is 38.6 Å². The molecule has 1 heterocycles. The van der Waals surface area contributed by atoms with Crippen LogP contribution in [-0.4, -0.2) is 61.1 Å². The zero-order valence-corrected chi connectivity index (χ0v) is 18.3. The normalized spacial score (nSPS) is 22.1. The summed E-state index contributed by atoms with van der Waals surface area (Å²) in [7, 11) is 0. The lowest BCUT2D eigenvalue weighted by molar-refractivity contribution is -0.121. The van der Waals surface area contributed by atoms with Crippen LogP contribution in [-0.2, 0) is 4.79 Å². The van der Waals surface area contributed by atoms with Crippen LogP contribution >= 0.6 is 24.0 Å². The summed E-state index contributed by atoms with van der Waals surface area (Å²) < 4.78 is 0. The Morgan fingerprint density at radius 2 is 1.96 bits per heavy atom. The van der Waals surface area contributed by atoms with Gasteiger partial charge < -0.3 is 16.0 Å². The number of rotatable bonds is 7. The summed E-state index contributed by atoms with van der Waals surface area (Å²) in [5.41, 5.74) is 0. The molecule has 2 rings (SSSR count). The summed E-state index contributed by atoms with van der Waals surface area (Å²) in [6.45, 7) is 9.69. The molecule has 3 N–H and O–H groups in total. The number of amides is 1. The number of nitrogens with one attached hydrogen (secondary N) is 3. The second-order valence-electron chi connectivity index (χ2n) is 7.30. The smallest absolute Gasteiger partial charge is 0.222 e. The van der Waals surface area contributed by atoms with E-state index in [0.29, 0.717) is 19.0 Å². The van der Waals surface area contributed by atoms with Crippen LogP contribution in [0.15, 0.2) is 4.99 Å². The van der Waals surface area contributed by atoms with Crippen molar-refractivity contribution in [1.29, 1.82) is 0 Å². The maximum atomic E-state index is 11.7. The average Bonchev–Trinajstić information content (AvgIpc) is 3.17. The van der Waals surface area contributed by atoms with Crippen LogP contribution in [0, 0.1) is 0 Å². The van der Waals surface area contributed by atoms with Crippen LogP contribution in [0.3, 0.4) is 0 Å². The molecule has 0 bridgehead atoms. The van der Waals surface area contributed by atoms with Gasteiger partial charge in [0, 0.05) is 44.2 Å². The Bertz CT molecular complexity index is 424. The maximum absolute atomic E-state index is 11.7. The van der Waals surface area contributed by atoms with Gasteiger partial charge in [0.15, 0.2) is 5.96 Å². The molecule has 1 atom stereocenters. The molecule has 1 unspecified atom stereocenters. The molecule has 0 aromatic heterocycles. The molecule has 0 radical (unpaired) electrons. The largest absolute Gasteiger partial charge is 0.357 e. The second kappa shape index (κ2) is 11.9. The molecule has 1 saturated carbocycles. The Morgan fingerprint density at radius 1 is 1.24 bits per heavy atom. The van der Waals surface area contributed by atoms with E-state index in [2.05, 4.69) is 32.8 Å². The third-order valence-electron chi connectivity index (χ3n) is 4.80. The lowest BCUT2D eigenvalue weighted by atomic mass is 10.2. The van der Waals surface area contributed by atoms with Gasteiger partial charge in [0.2, 0.25) is 5.91 Å². The Kier molecular flexibility index (Phi) is 10.7. The van der Waals surface area contributed by atoms with Crippen LogP contribution < -0.4 is 16.0 Å². The highest BCUT2D eigenvalue weighted by Crippen LogP contribution is 2.26. The van der Waals surface area contributed by atoms with Crippen molar-refractivity contribution in [2.75, 3.05) is 26.2 Å². The molecule has 146 valence electrons. The number of nitrogens with zero attached hydrogens (tertiary/aromatic N) is 2. The van der Waals surface area contributed by atoms with Crippen LogP contribution in [0.1, 0.15) is 59.3 Å². The fourth-order valence-electron chi connectivity index (χ4n) is 3.68. The monoisotopic (exact) mass is 465 g/mol.